The van der Waals surface area contributed by atoms with Crippen LogP contribution in [0.25, 0.3) is 0 Å². The van der Waals surface area contributed by atoms with E-state index in [4.69, 9.17) is 0 Å². The van der Waals surface area contributed by atoms with Crippen LogP contribution in [0.1, 0.15) is 43.9 Å². The number of aliphatic hydroxyl groups excluding tert-OH is 1. The Morgan fingerprint density at radius 2 is 1.87 bits per heavy atom. The van der Waals surface area contributed by atoms with E-state index in [-0.39, 0.29) is 6.10 Å². The fourth-order valence-corrected chi connectivity index (χ4v) is 2.44. The number of aliphatic hydroxyl groups is 1. The molecule has 0 aliphatic carbocycles. The van der Waals surface area contributed by atoms with E-state index in [0.717, 1.165) is 28.4 Å². The summed E-state index contributed by atoms with van der Waals surface area (Å²) < 4.78 is 1.07. The first-order valence-electron chi connectivity index (χ1n) is 5.54. The Morgan fingerprint density at radius 1 is 1.27 bits per heavy atom. The minimum atomic E-state index is -0.326. The normalized spacial score (nSPS) is 13.2. The van der Waals surface area contributed by atoms with Crippen molar-refractivity contribution in [1.29, 1.82) is 0 Å². The summed E-state index contributed by atoms with van der Waals surface area (Å²) in [4.78, 5) is 0. The van der Waals surface area contributed by atoms with Gasteiger partial charge in [0.1, 0.15) is 0 Å². The number of rotatable bonds is 4. The molecule has 15 heavy (non-hydrogen) atoms. The van der Waals surface area contributed by atoms with Crippen molar-refractivity contribution in [2.75, 3.05) is 0 Å². The Bertz CT molecular complexity index is 318. The van der Waals surface area contributed by atoms with Gasteiger partial charge in [0.25, 0.3) is 0 Å². The molecule has 0 fully saturated rings. The summed E-state index contributed by atoms with van der Waals surface area (Å²) in [6, 6.07) is 6.07. The predicted octanol–water partition coefficient (Wildman–Crippen LogP) is 4.23. The molecule has 1 unspecified atom stereocenters. The van der Waals surface area contributed by atoms with E-state index >= 15 is 0 Å². The van der Waals surface area contributed by atoms with E-state index in [9.17, 15) is 5.11 Å². The molecule has 2 heteroatoms. The van der Waals surface area contributed by atoms with Gasteiger partial charge in [-0.25, -0.2) is 0 Å². The third-order valence-electron chi connectivity index (χ3n) is 3.05. The van der Waals surface area contributed by atoms with E-state index in [0.29, 0.717) is 5.92 Å². The van der Waals surface area contributed by atoms with E-state index < -0.39 is 0 Å². The maximum absolute atomic E-state index is 10.2. The van der Waals surface area contributed by atoms with Crippen molar-refractivity contribution in [3.8, 4) is 0 Å². The van der Waals surface area contributed by atoms with Crippen molar-refractivity contribution >= 4 is 15.9 Å². The maximum Gasteiger partial charge on any atom is 0.0820 e. The summed E-state index contributed by atoms with van der Waals surface area (Å²) >= 11 is 3.43. The zero-order chi connectivity index (χ0) is 11.4. The van der Waals surface area contributed by atoms with Gasteiger partial charge in [0.2, 0.25) is 0 Å². The zero-order valence-electron chi connectivity index (χ0n) is 9.63. The van der Waals surface area contributed by atoms with Crippen LogP contribution in [0.3, 0.4) is 0 Å². The van der Waals surface area contributed by atoms with Gasteiger partial charge < -0.3 is 5.11 Å². The molecule has 1 rings (SSSR count). The van der Waals surface area contributed by atoms with Gasteiger partial charge in [-0.1, -0.05) is 48.7 Å². The molecule has 84 valence electrons. The van der Waals surface area contributed by atoms with E-state index in [2.05, 4.69) is 35.8 Å². The van der Waals surface area contributed by atoms with Gasteiger partial charge in [-0.3, -0.25) is 0 Å². The third-order valence-corrected chi connectivity index (χ3v) is 3.54. The van der Waals surface area contributed by atoms with Gasteiger partial charge in [0, 0.05) is 4.47 Å². The van der Waals surface area contributed by atoms with Crippen molar-refractivity contribution in [3.63, 3.8) is 0 Å². The molecule has 1 nitrogen and oxygen atoms in total. The Balaban J connectivity index is 2.94. The number of aryl methyl sites for hydroxylation is 1. The number of benzene rings is 1. The van der Waals surface area contributed by atoms with Gasteiger partial charge in [0.05, 0.1) is 6.10 Å². The van der Waals surface area contributed by atoms with Crippen LogP contribution in [-0.2, 0) is 0 Å². The lowest BCUT2D eigenvalue weighted by molar-refractivity contribution is 0.103. The summed E-state index contributed by atoms with van der Waals surface area (Å²) in [7, 11) is 0. The molecule has 0 saturated heterocycles. The van der Waals surface area contributed by atoms with Crippen LogP contribution in [0.5, 0.6) is 0 Å². The first-order valence-corrected chi connectivity index (χ1v) is 6.33. The second-order valence-electron chi connectivity index (χ2n) is 4.02. The lowest BCUT2D eigenvalue weighted by atomic mass is 9.89. The first-order chi connectivity index (χ1) is 7.10. The summed E-state index contributed by atoms with van der Waals surface area (Å²) in [6.45, 7) is 6.31. The molecular formula is C13H19BrO. The fraction of sp³-hybridized carbons (Fsp3) is 0.538. The molecule has 0 bridgehead atoms. The van der Waals surface area contributed by atoms with Gasteiger partial charge in [-0.15, -0.1) is 0 Å². The van der Waals surface area contributed by atoms with Crippen molar-refractivity contribution in [1.82, 2.24) is 0 Å². The van der Waals surface area contributed by atoms with Gasteiger partial charge in [0.15, 0.2) is 0 Å². The molecule has 0 aliphatic rings. The Hall–Kier alpha value is -0.340. The second-order valence-corrected chi connectivity index (χ2v) is 4.94. The summed E-state index contributed by atoms with van der Waals surface area (Å²) in [5.41, 5.74) is 2.22. The smallest absolute Gasteiger partial charge is 0.0820 e. The molecule has 0 saturated carbocycles. The second kappa shape index (κ2) is 5.66. The third kappa shape index (κ3) is 3.05. The van der Waals surface area contributed by atoms with Crippen LogP contribution < -0.4 is 0 Å². The average Bonchev–Trinajstić information content (AvgIpc) is 2.19. The van der Waals surface area contributed by atoms with Crippen LogP contribution in [-0.4, -0.2) is 5.11 Å². The summed E-state index contributed by atoms with van der Waals surface area (Å²) in [5, 5.41) is 10.2. The molecule has 1 atom stereocenters. The molecule has 0 amide bonds. The molecule has 1 N–H and O–H groups in total. The lowest BCUT2D eigenvalue weighted by Gasteiger charge is -2.22. The highest BCUT2D eigenvalue weighted by Crippen LogP contribution is 2.30. The van der Waals surface area contributed by atoms with Crippen molar-refractivity contribution in [3.05, 3.63) is 33.8 Å². The van der Waals surface area contributed by atoms with Crippen LogP contribution >= 0.6 is 15.9 Å². The molecule has 0 aliphatic heterocycles. The molecule has 0 spiro atoms. The SMILES string of the molecule is CCC(CC)C(O)c1ccc(Br)cc1C. The highest BCUT2D eigenvalue weighted by molar-refractivity contribution is 9.10. The highest BCUT2D eigenvalue weighted by atomic mass is 79.9. The molecule has 1 aromatic carbocycles. The Kier molecular flexibility index (Phi) is 4.81. The minimum absolute atomic E-state index is 0.326. The summed E-state index contributed by atoms with van der Waals surface area (Å²) in [6.07, 6.45) is 1.72. The number of halogens is 1. The zero-order valence-corrected chi connectivity index (χ0v) is 11.2. The topological polar surface area (TPSA) is 20.2 Å². The standard InChI is InChI=1S/C13H19BrO/c1-4-10(5-2)13(15)12-7-6-11(14)8-9(12)3/h6-8,10,13,15H,4-5H2,1-3H3. The van der Waals surface area contributed by atoms with Crippen LogP contribution in [0.4, 0.5) is 0 Å². The van der Waals surface area contributed by atoms with Crippen molar-refractivity contribution in [2.24, 2.45) is 5.92 Å². The van der Waals surface area contributed by atoms with Gasteiger partial charge >= 0.3 is 0 Å². The quantitative estimate of drug-likeness (QED) is 0.869. The lowest BCUT2D eigenvalue weighted by Crippen LogP contribution is -2.12. The summed E-state index contributed by atoms with van der Waals surface area (Å²) in [5.74, 6) is 0.366. The van der Waals surface area contributed by atoms with Crippen molar-refractivity contribution < 1.29 is 5.11 Å². The van der Waals surface area contributed by atoms with Crippen molar-refractivity contribution in [2.45, 2.75) is 39.7 Å². The highest BCUT2D eigenvalue weighted by Gasteiger charge is 2.18. The molecular weight excluding hydrogens is 252 g/mol. The molecule has 0 radical (unpaired) electrons. The Morgan fingerprint density at radius 3 is 2.33 bits per heavy atom. The van der Waals surface area contributed by atoms with E-state index in [1.54, 1.807) is 0 Å². The maximum atomic E-state index is 10.2. The largest absolute Gasteiger partial charge is 0.388 e. The Labute approximate surface area is 101 Å². The van der Waals surface area contributed by atoms with E-state index in [1.807, 2.05) is 19.1 Å². The van der Waals surface area contributed by atoms with Gasteiger partial charge in [-0.2, -0.15) is 0 Å². The molecule has 0 aromatic heterocycles. The molecule has 1 aromatic rings. The van der Waals surface area contributed by atoms with E-state index in [1.165, 1.54) is 0 Å². The van der Waals surface area contributed by atoms with Crippen LogP contribution in [0.15, 0.2) is 22.7 Å². The minimum Gasteiger partial charge on any atom is -0.388 e. The predicted molar refractivity (Wildman–Crippen MR) is 67.9 cm³/mol. The first kappa shape index (κ1) is 12.7. The van der Waals surface area contributed by atoms with Crippen LogP contribution in [0, 0.1) is 12.8 Å². The molecule has 0 heterocycles. The number of hydrogen-bond donors (Lipinski definition) is 1. The monoisotopic (exact) mass is 270 g/mol. The van der Waals surface area contributed by atoms with Crippen LogP contribution in [0.2, 0.25) is 0 Å². The average molecular weight is 271 g/mol. The van der Waals surface area contributed by atoms with Gasteiger partial charge in [-0.05, 0) is 36.1 Å². The number of hydrogen-bond acceptors (Lipinski definition) is 1. The fourth-order valence-electron chi connectivity index (χ4n) is 1.96.